The van der Waals surface area contributed by atoms with Crippen molar-refractivity contribution in [1.29, 1.82) is 5.26 Å². The summed E-state index contributed by atoms with van der Waals surface area (Å²) in [6.45, 7) is 4.99. The molecule has 2 nitrogen and oxygen atoms in total. The molecular weight excluding hydrogens is 272 g/mol. The van der Waals surface area contributed by atoms with E-state index in [1.807, 2.05) is 18.2 Å². The summed E-state index contributed by atoms with van der Waals surface area (Å²) in [6, 6.07) is 10.4. The highest BCUT2D eigenvalue weighted by Gasteiger charge is 2.08. The number of aryl methyl sites for hydroxylation is 1. The molecule has 0 unspecified atom stereocenters. The van der Waals surface area contributed by atoms with Crippen LogP contribution in [-0.4, -0.2) is 5.75 Å². The molecule has 0 aliphatic carbocycles. The highest BCUT2D eigenvalue weighted by atomic mass is 32.2. The van der Waals surface area contributed by atoms with Crippen molar-refractivity contribution in [3.63, 3.8) is 0 Å². The molecule has 0 saturated carbocycles. The first kappa shape index (κ1) is 14.0. The lowest BCUT2D eigenvalue weighted by Gasteiger charge is -2.10. The van der Waals surface area contributed by atoms with Crippen molar-refractivity contribution in [3.05, 3.63) is 45.6 Å². The lowest BCUT2D eigenvalue weighted by Crippen LogP contribution is -2.01. The van der Waals surface area contributed by atoms with Crippen LogP contribution >= 0.6 is 23.1 Å². The fourth-order valence-electron chi connectivity index (χ4n) is 1.83. The molecule has 0 bridgehead atoms. The van der Waals surface area contributed by atoms with E-state index >= 15 is 0 Å². The highest BCUT2D eigenvalue weighted by molar-refractivity contribution is 7.99. The fourth-order valence-corrected chi connectivity index (χ4v) is 3.46. The van der Waals surface area contributed by atoms with E-state index in [0.717, 1.165) is 28.4 Å². The largest absolute Gasteiger partial charge is 0.379 e. The van der Waals surface area contributed by atoms with E-state index in [4.69, 9.17) is 0 Å². The average Bonchev–Trinajstić information content (AvgIpc) is 2.82. The van der Waals surface area contributed by atoms with Crippen LogP contribution in [0.1, 0.15) is 22.9 Å². The molecule has 0 spiro atoms. The number of nitriles is 1. The van der Waals surface area contributed by atoms with Crippen molar-refractivity contribution in [2.45, 2.75) is 25.3 Å². The molecule has 1 aromatic carbocycles. The van der Waals surface area contributed by atoms with Crippen LogP contribution in [0.5, 0.6) is 0 Å². The van der Waals surface area contributed by atoms with Crippen molar-refractivity contribution in [2.24, 2.45) is 0 Å². The Bertz CT molecular complexity index is 596. The van der Waals surface area contributed by atoms with Crippen LogP contribution in [0, 0.1) is 18.3 Å². The Kier molecular flexibility index (Phi) is 4.89. The molecule has 4 heteroatoms. The maximum Gasteiger partial charge on any atom is 0.102 e. The van der Waals surface area contributed by atoms with Crippen molar-refractivity contribution < 1.29 is 0 Å². The maximum atomic E-state index is 9.34. The molecule has 0 saturated heterocycles. The minimum Gasteiger partial charge on any atom is -0.379 e. The van der Waals surface area contributed by atoms with Gasteiger partial charge in [-0.1, -0.05) is 13.0 Å². The number of rotatable bonds is 5. The molecule has 2 rings (SSSR count). The van der Waals surface area contributed by atoms with Gasteiger partial charge in [0.2, 0.25) is 0 Å². The number of thioether (sulfide) groups is 1. The summed E-state index contributed by atoms with van der Waals surface area (Å²) >= 11 is 3.45. The third-order valence-electron chi connectivity index (χ3n) is 2.85. The summed E-state index contributed by atoms with van der Waals surface area (Å²) in [5.74, 6) is 0.974. The van der Waals surface area contributed by atoms with Crippen LogP contribution in [0.4, 0.5) is 5.69 Å². The maximum absolute atomic E-state index is 9.34. The van der Waals surface area contributed by atoms with Gasteiger partial charge in [0, 0.05) is 16.3 Å². The van der Waals surface area contributed by atoms with Crippen LogP contribution < -0.4 is 5.32 Å². The monoisotopic (exact) mass is 288 g/mol. The first-order chi connectivity index (χ1) is 9.26. The smallest absolute Gasteiger partial charge is 0.102 e. The molecule has 98 valence electrons. The van der Waals surface area contributed by atoms with E-state index in [0.29, 0.717) is 0 Å². The molecule has 1 heterocycles. The van der Waals surface area contributed by atoms with Gasteiger partial charge in [-0.25, -0.2) is 0 Å². The second-order valence-electron chi connectivity index (χ2n) is 4.10. The Hall–Kier alpha value is -1.44. The average molecular weight is 288 g/mol. The van der Waals surface area contributed by atoms with Crippen molar-refractivity contribution >= 4 is 28.8 Å². The minimum atomic E-state index is 0.753. The second kappa shape index (κ2) is 6.65. The molecule has 1 N–H and O–H groups in total. The van der Waals surface area contributed by atoms with Gasteiger partial charge in [0.05, 0.1) is 11.3 Å². The van der Waals surface area contributed by atoms with Gasteiger partial charge < -0.3 is 5.32 Å². The first-order valence-corrected chi connectivity index (χ1v) is 8.05. The number of hydrogen-bond donors (Lipinski definition) is 1. The molecule has 0 aliphatic heterocycles. The third-order valence-corrected chi connectivity index (χ3v) is 4.81. The molecule has 0 aliphatic rings. The van der Waals surface area contributed by atoms with Crippen LogP contribution in [-0.2, 0) is 6.54 Å². The summed E-state index contributed by atoms with van der Waals surface area (Å²) in [5.41, 5.74) is 2.98. The molecule has 0 fully saturated rings. The lowest BCUT2D eigenvalue weighted by molar-refractivity contribution is 1.15. The number of anilines is 1. The van der Waals surface area contributed by atoms with Gasteiger partial charge in [0.25, 0.3) is 0 Å². The van der Waals surface area contributed by atoms with E-state index < -0.39 is 0 Å². The molecule has 2 aromatic rings. The Balaban J connectivity index is 2.18. The van der Waals surface area contributed by atoms with E-state index in [2.05, 4.69) is 36.7 Å². The topological polar surface area (TPSA) is 35.8 Å². The normalized spacial score (nSPS) is 10.2. The summed E-state index contributed by atoms with van der Waals surface area (Å²) in [5, 5.41) is 14.8. The van der Waals surface area contributed by atoms with Gasteiger partial charge in [-0.2, -0.15) is 5.26 Å². The predicted octanol–water partition coefficient (Wildman–Crippen LogP) is 4.65. The van der Waals surface area contributed by atoms with Gasteiger partial charge in [-0.3, -0.25) is 0 Å². The molecule has 0 atom stereocenters. The van der Waals surface area contributed by atoms with Crippen LogP contribution in [0.3, 0.4) is 0 Å². The molecule has 0 radical (unpaired) electrons. The van der Waals surface area contributed by atoms with Gasteiger partial charge >= 0.3 is 0 Å². The predicted molar refractivity (Wildman–Crippen MR) is 83.9 cm³/mol. The van der Waals surface area contributed by atoms with E-state index in [-0.39, 0.29) is 0 Å². The van der Waals surface area contributed by atoms with Gasteiger partial charge in [0.15, 0.2) is 0 Å². The highest BCUT2D eigenvalue weighted by Crippen LogP contribution is 2.28. The minimum absolute atomic E-state index is 0.753. The molecule has 0 amide bonds. The summed E-state index contributed by atoms with van der Waals surface area (Å²) in [7, 11) is 0. The SMILES string of the molecule is CCSc1cccc(NCc2sccc2C)c1C#N. The quantitative estimate of drug-likeness (QED) is 0.813. The number of nitrogens with one attached hydrogen (secondary N) is 1. The van der Waals surface area contributed by atoms with Gasteiger partial charge in [-0.15, -0.1) is 23.1 Å². The number of thiophene rings is 1. The van der Waals surface area contributed by atoms with E-state index in [1.54, 1.807) is 23.1 Å². The second-order valence-corrected chi connectivity index (χ2v) is 6.41. The van der Waals surface area contributed by atoms with E-state index in [9.17, 15) is 5.26 Å². The molecule has 1 aromatic heterocycles. The summed E-state index contributed by atoms with van der Waals surface area (Å²) in [6.07, 6.45) is 0. The van der Waals surface area contributed by atoms with Crippen LogP contribution in [0.25, 0.3) is 0 Å². The Labute approximate surface area is 122 Å². The van der Waals surface area contributed by atoms with E-state index in [1.165, 1.54) is 10.4 Å². The standard InChI is InChI=1S/C15H16N2S2/c1-3-18-14-6-4-5-13(12(14)9-16)17-10-15-11(2)7-8-19-15/h4-8,17H,3,10H2,1-2H3. The van der Waals surface area contributed by atoms with Gasteiger partial charge in [-0.05, 0) is 41.8 Å². The lowest BCUT2D eigenvalue weighted by atomic mass is 10.2. The van der Waals surface area contributed by atoms with Crippen molar-refractivity contribution in [1.82, 2.24) is 0 Å². The third kappa shape index (κ3) is 3.31. The van der Waals surface area contributed by atoms with Crippen LogP contribution in [0.2, 0.25) is 0 Å². The van der Waals surface area contributed by atoms with Crippen molar-refractivity contribution in [3.8, 4) is 6.07 Å². The first-order valence-electron chi connectivity index (χ1n) is 6.19. The number of hydrogen-bond acceptors (Lipinski definition) is 4. The molecule has 19 heavy (non-hydrogen) atoms. The Morgan fingerprint density at radius 2 is 2.21 bits per heavy atom. The van der Waals surface area contributed by atoms with Crippen molar-refractivity contribution in [2.75, 3.05) is 11.1 Å². The molecular formula is C15H16N2S2. The Morgan fingerprint density at radius 3 is 2.84 bits per heavy atom. The zero-order valence-corrected chi connectivity index (χ0v) is 12.7. The fraction of sp³-hybridized carbons (Fsp3) is 0.267. The van der Waals surface area contributed by atoms with Crippen LogP contribution in [0.15, 0.2) is 34.5 Å². The number of benzene rings is 1. The Morgan fingerprint density at radius 1 is 1.37 bits per heavy atom. The number of nitrogens with zero attached hydrogens (tertiary/aromatic N) is 1. The summed E-state index contributed by atoms with van der Waals surface area (Å²) < 4.78 is 0. The van der Waals surface area contributed by atoms with Gasteiger partial charge in [0.1, 0.15) is 6.07 Å². The zero-order chi connectivity index (χ0) is 13.7. The summed E-state index contributed by atoms with van der Waals surface area (Å²) in [4.78, 5) is 2.37. The zero-order valence-electron chi connectivity index (χ0n) is 11.1.